The number of aryl methyl sites for hydroxylation is 1. The molecule has 0 aliphatic heterocycles. The summed E-state index contributed by atoms with van der Waals surface area (Å²) in [5.41, 5.74) is 3.09. The first-order chi connectivity index (χ1) is 10.6. The molecule has 0 bridgehead atoms. The second-order valence-electron chi connectivity index (χ2n) is 4.88. The van der Waals surface area contributed by atoms with Crippen LogP contribution in [0.4, 0.5) is 11.6 Å². The number of aromatic carboxylic acids is 1. The maximum Gasteiger partial charge on any atom is 0.335 e. The predicted molar refractivity (Wildman–Crippen MR) is 83.2 cm³/mol. The Morgan fingerprint density at radius 3 is 2.41 bits per heavy atom. The average molecular weight is 294 g/mol. The van der Waals surface area contributed by atoms with E-state index in [1.54, 1.807) is 12.1 Å². The highest BCUT2D eigenvalue weighted by atomic mass is 16.4. The maximum absolute atomic E-state index is 10.8. The quantitative estimate of drug-likeness (QED) is 0.687. The zero-order valence-corrected chi connectivity index (χ0v) is 11.9. The van der Waals surface area contributed by atoms with E-state index in [-0.39, 0.29) is 5.56 Å². The van der Waals surface area contributed by atoms with Crippen molar-refractivity contribution in [3.8, 4) is 11.4 Å². The highest BCUT2D eigenvalue weighted by Gasteiger charge is 2.06. The lowest BCUT2D eigenvalue weighted by Gasteiger charge is -2.01. The highest BCUT2D eigenvalue weighted by Crippen LogP contribution is 2.19. The number of H-pyrrole nitrogens is 1. The number of hydrogen-bond acceptors (Lipinski definition) is 4. The van der Waals surface area contributed by atoms with Gasteiger partial charge in [-0.25, -0.2) is 4.79 Å². The van der Waals surface area contributed by atoms with Crippen LogP contribution in [0.25, 0.3) is 11.4 Å². The minimum atomic E-state index is -0.953. The van der Waals surface area contributed by atoms with Crippen molar-refractivity contribution in [2.75, 3.05) is 5.32 Å². The molecule has 0 saturated heterocycles. The molecule has 0 amide bonds. The molecule has 1 aromatic heterocycles. The Morgan fingerprint density at radius 2 is 1.77 bits per heavy atom. The van der Waals surface area contributed by atoms with E-state index >= 15 is 0 Å². The van der Waals surface area contributed by atoms with E-state index < -0.39 is 5.97 Å². The first-order valence-electron chi connectivity index (χ1n) is 6.71. The van der Waals surface area contributed by atoms with Crippen molar-refractivity contribution in [2.24, 2.45) is 0 Å². The zero-order valence-electron chi connectivity index (χ0n) is 11.9. The van der Waals surface area contributed by atoms with E-state index in [2.05, 4.69) is 20.5 Å². The van der Waals surface area contributed by atoms with Crippen LogP contribution < -0.4 is 5.32 Å². The highest BCUT2D eigenvalue weighted by molar-refractivity contribution is 5.88. The van der Waals surface area contributed by atoms with Gasteiger partial charge in [0, 0.05) is 11.3 Å². The Kier molecular flexibility index (Phi) is 3.57. The summed E-state index contributed by atoms with van der Waals surface area (Å²) in [5, 5.41) is 18.9. The molecular weight excluding hydrogens is 280 g/mol. The second-order valence-corrected chi connectivity index (χ2v) is 4.88. The van der Waals surface area contributed by atoms with Crippen molar-refractivity contribution >= 4 is 17.6 Å². The van der Waals surface area contributed by atoms with Gasteiger partial charge in [-0.1, -0.05) is 29.8 Å². The minimum Gasteiger partial charge on any atom is -0.478 e. The van der Waals surface area contributed by atoms with Crippen molar-refractivity contribution in [1.29, 1.82) is 0 Å². The minimum absolute atomic E-state index is 0.237. The molecule has 2 aromatic carbocycles. The van der Waals surface area contributed by atoms with E-state index in [1.807, 2.05) is 31.2 Å². The molecule has 0 saturated carbocycles. The number of carboxylic acid groups (broad SMARTS) is 1. The average Bonchev–Trinajstić information content (AvgIpc) is 2.97. The van der Waals surface area contributed by atoms with Crippen LogP contribution in [-0.4, -0.2) is 26.3 Å². The number of aromatic amines is 1. The van der Waals surface area contributed by atoms with Gasteiger partial charge >= 0.3 is 5.97 Å². The lowest BCUT2D eigenvalue weighted by atomic mass is 10.1. The van der Waals surface area contributed by atoms with Crippen molar-refractivity contribution in [3.63, 3.8) is 0 Å². The summed E-state index contributed by atoms with van der Waals surface area (Å²) in [6, 6.07) is 14.4. The van der Waals surface area contributed by atoms with Gasteiger partial charge in [-0.2, -0.15) is 4.98 Å². The van der Waals surface area contributed by atoms with Crippen LogP contribution in [0.5, 0.6) is 0 Å². The number of carboxylic acids is 1. The largest absolute Gasteiger partial charge is 0.478 e. The van der Waals surface area contributed by atoms with Crippen LogP contribution in [0.1, 0.15) is 15.9 Å². The van der Waals surface area contributed by atoms with Crippen LogP contribution in [0.15, 0.2) is 48.5 Å². The summed E-state index contributed by atoms with van der Waals surface area (Å²) >= 11 is 0. The Labute approximate surface area is 126 Å². The summed E-state index contributed by atoms with van der Waals surface area (Å²) in [7, 11) is 0. The van der Waals surface area contributed by atoms with Crippen LogP contribution in [0, 0.1) is 6.92 Å². The van der Waals surface area contributed by atoms with Gasteiger partial charge in [-0.05, 0) is 31.2 Å². The molecule has 0 unspecified atom stereocenters. The Morgan fingerprint density at radius 1 is 1.09 bits per heavy atom. The van der Waals surface area contributed by atoms with Crippen LogP contribution >= 0.6 is 0 Å². The van der Waals surface area contributed by atoms with Gasteiger partial charge in [-0.15, -0.1) is 5.10 Å². The third-order valence-electron chi connectivity index (χ3n) is 3.20. The number of anilines is 2. The van der Waals surface area contributed by atoms with Crippen LogP contribution in [0.3, 0.4) is 0 Å². The molecule has 1 heterocycles. The number of carbonyl (C=O) groups is 1. The summed E-state index contributed by atoms with van der Waals surface area (Å²) in [4.78, 5) is 15.2. The summed E-state index contributed by atoms with van der Waals surface area (Å²) in [6.07, 6.45) is 0. The fourth-order valence-electron chi connectivity index (χ4n) is 1.98. The number of aromatic nitrogens is 3. The van der Waals surface area contributed by atoms with E-state index in [0.717, 1.165) is 11.3 Å². The number of nitrogens with zero attached hydrogens (tertiary/aromatic N) is 2. The Hall–Kier alpha value is -3.15. The summed E-state index contributed by atoms with van der Waals surface area (Å²) in [6.45, 7) is 2.03. The van der Waals surface area contributed by atoms with Gasteiger partial charge in [0.15, 0.2) is 5.82 Å². The molecule has 0 aliphatic carbocycles. The van der Waals surface area contributed by atoms with E-state index in [0.29, 0.717) is 11.8 Å². The molecule has 110 valence electrons. The van der Waals surface area contributed by atoms with Crippen LogP contribution in [0.2, 0.25) is 0 Å². The van der Waals surface area contributed by atoms with Crippen molar-refractivity contribution < 1.29 is 9.90 Å². The molecule has 22 heavy (non-hydrogen) atoms. The molecule has 0 spiro atoms. The lowest BCUT2D eigenvalue weighted by molar-refractivity contribution is 0.0697. The number of rotatable bonds is 4. The number of hydrogen-bond donors (Lipinski definition) is 3. The first kappa shape index (κ1) is 13.8. The van der Waals surface area contributed by atoms with Crippen molar-refractivity contribution in [3.05, 3.63) is 59.7 Å². The molecule has 3 rings (SSSR count). The summed E-state index contributed by atoms with van der Waals surface area (Å²) in [5.74, 6) is 0.148. The Bertz CT molecular complexity index is 792. The second kappa shape index (κ2) is 5.69. The molecule has 0 atom stereocenters. The molecule has 0 fully saturated rings. The fraction of sp³-hybridized carbons (Fsp3) is 0.0625. The van der Waals surface area contributed by atoms with E-state index in [4.69, 9.17) is 5.11 Å². The molecule has 6 heteroatoms. The van der Waals surface area contributed by atoms with Gasteiger partial charge in [-0.3, -0.25) is 5.10 Å². The van der Waals surface area contributed by atoms with Gasteiger partial charge in [0.2, 0.25) is 5.95 Å². The molecule has 0 radical (unpaired) electrons. The third-order valence-corrected chi connectivity index (χ3v) is 3.20. The smallest absolute Gasteiger partial charge is 0.335 e. The standard InChI is InChI=1S/C16H14N4O2/c1-10-2-4-11(5-3-10)14-18-16(20-19-14)17-13-8-6-12(7-9-13)15(21)22/h2-9H,1H3,(H,21,22)(H2,17,18,19,20). The van der Waals surface area contributed by atoms with E-state index in [1.165, 1.54) is 17.7 Å². The molecule has 3 aromatic rings. The molecule has 3 N–H and O–H groups in total. The monoisotopic (exact) mass is 294 g/mol. The number of nitrogens with one attached hydrogen (secondary N) is 2. The maximum atomic E-state index is 10.8. The lowest BCUT2D eigenvalue weighted by Crippen LogP contribution is -1.97. The molecular formula is C16H14N4O2. The van der Waals surface area contributed by atoms with Crippen molar-refractivity contribution in [2.45, 2.75) is 6.92 Å². The van der Waals surface area contributed by atoms with E-state index in [9.17, 15) is 4.79 Å². The topological polar surface area (TPSA) is 90.9 Å². The van der Waals surface area contributed by atoms with Gasteiger partial charge in [0.05, 0.1) is 5.56 Å². The zero-order chi connectivity index (χ0) is 15.5. The number of benzene rings is 2. The molecule has 0 aliphatic rings. The fourth-order valence-corrected chi connectivity index (χ4v) is 1.98. The van der Waals surface area contributed by atoms with Gasteiger partial charge < -0.3 is 10.4 Å². The SMILES string of the molecule is Cc1ccc(-c2nc(Nc3ccc(C(=O)O)cc3)n[nH]2)cc1. The van der Waals surface area contributed by atoms with Crippen molar-refractivity contribution in [1.82, 2.24) is 15.2 Å². The molecule has 6 nitrogen and oxygen atoms in total. The normalized spacial score (nSPS) is 10.4. The Balaban J connectivity index is 1.76. The third kappa shape index (κ3) is 2.95. The van der Waals surface area contributed by atoms with Gasteiger partial charge in [0.25, 0.3) is 0 Å². The van der Waals surface area contributed by atoms with Gasteiger partial charge in [0.1, 0.15) is 0 Å². The van der Waals surface area contributed by atoms with Crippen LogP contribution in [-0.2, 0) is 0 Å². The first-order valence-corrected chi connectivity index (χ1v) is 6.71. The predicted octanol–water partition coefficient (Wildman–Crippen LogP) is 3.22. The summed E-state index contributed by atoms with van der Waals surface area (Å²) < 4.78 is 0.